The normalized spacial score (nSPS) is 11.4. The highest BCUT2D eigenvalue weighted by molar-refractivity contribution is 7.08. The Bertz CT molecular complexity index is 595. The van der Waals surface area contributed by atoms with Crippen LogP contribution in [0.2, 0.25) is 0 Å². The molecule has 0 spiro atoms. The lowest BCUT2D eigenvalue weighted by Gasteiger charge is -2.11. The number of hydrogen-bond acceptors (Lipinski definition) is 5. The fourth-order valence-electron chi connectivity index (χ4n) is 1.55. The van der Waals surface area contributed by atoms with Crippen LogP contribution in [0.25, 0.3) is 0 Å². The molecule has 0 saturated carbocycles. The maximum Gasteiger partial charge on any atom is 0.451 e. The molecular weight excluding hydrogens is 289 g/mol. The quantitative estimate of drug-likeness (QED) is 0.907. The summed E-state index contributed by atoms with van der Waals surface area (Å²) >= 11 is 1.55. The van der Waals surface area contributed by atoms with Crippen LogP contribution >= 0.6 is 11.3 Å². The molecule has 20 heavy (non-hydrogen) atoms. The van der Waals surface area contributed by atoms with Gasteiger partial charge in [0.25, 0.3) is 0 Å². The van der Waals surface area contributed by atoms with Crippen LogP contribution in [0.1, 0.15) is 17.0 Å². The molecule has 2 heterocycles. The Kier molecular flexibility index (Phi) is 4.12. The summed E-state index contributed by atoms with van der Waals surface area (Å²) in [6.45, 7) is 2.38. The van der Waals surface area contributed by atoms with Gasteiger partial charge in [0.15, 0.2) is 0 Å². The predicted molar refractivity (Wildman–Crippen MR) is 73.0 cm³/mol. The molecule has 0 radical (unpaired) electrons. The van der Waals surface area contributed by atoms with Crippen molar-refractivity contribution in [2.45, 2.75) is 19.6 Å². The van der Waals surface area contributed by atoms with Gasteiger partial charge in [-0.2, -0.15) is 24.5 Å². The van der Waals surface area contributed by atoms with E-state index in [0.717, 1.165) is 11.1 Å². The molecule has 108 valence electrons. The van der Waals surface area contributed by atoms with E-state index in [4.69, 9.17) is 0 Å². The van der Waals surface area contributed by atoms with Gasteiger partial charge >= 0.3 is 6.18 Å². The van der Waals surface area contributed by atoms with Crippen molar-refractivity contribution >= 4 is 23.0 Å². The first-order valence-electron chi connectivity index (χ1n) is 5.79. The van der Waals surface area contributed by atoms with Crippen LogP contribution in [0.5, 0.6) is 0 Å². The van der Waals surface area contributed by atoms with Gasteiger partial charge in [0.05, 0.1) is 0 Å². The molecule has 0 unspecified atom stereocenters. The monoisotopic (exact) mass is 302 g/mol. The largest absolute Gasteiger partial charge is 0.451 e. The molecule has 0 fully saturated rings. The third-order valence-electron chi connectivity index (χ3n) is 2.66. The van der Waals surface area contributed by atoms with Gasteiger partial charge in [0.1, 0.15) is 11.6 Å². The highest BCUT2D eigenvalue weighted by atomic mass is 32.1. The Hall–Kier alpha value is -1.83. The Morgan fingerprint density at radius 3 is 2.45 bits per heavy atom. The van der Waals surface area contributed by atoms with E-state index in [-0.39, 0.29) is 11.6 Å². The molecule has 8 heteroatoms. The molecule has 2 N–H and O–H groups in total. The number of alkyl halides is 3. The van der Waals surface area contributed by atoms with E-state index in [2.05, 4.69) is 20.6 Å². The van der Waals surface area contributed by atoms with E-state index >= 15 is 0 Å². The third kappa shape index (κ3) is 3.38. The van der Waals surface area contributed by atoms with Gasteiger partial charge in [-0.3, -0.25) is 0 Å². The van der Waals surface area contributed by atoms with E-state index in [1.54, 1.807) is 11.3 Å². The van der Waals surface area contributed by atoms with Crippen molar-refractivity contribution in [3.05, 3.63) is 33.8 Å². The van der Waals surface area contributed by atoms with Crippen molar-refractivity contribution in [1.29, 1.82) is 0 Å². The Morgan fingerprint density at radius 1 is 1.20 bits per heavy atom. The number of nitrogens with zero attached hydrogens (tertiary/aromatic N) is 2. The number of halogens is 3. The summed E-state index contributed by atoms with van der Waals surface area (Å²) in [5.74, 6) is -0.895. The zero-order chi connectivity index (χ0) is 14.8. The average Bonchev–Trinajstić information content (AvgIpc) is 2.80. The molecule has 0 aliphatic rings. The fourth-order valence-corrected chi connectivity index (χ4v) is 2.40. The first-order chi connectivity index (χ1) is 9.40. The van der Waals surface area contributed by atoms with Gasteiger partial charge < -0.3 is 10.6 Å². The minimum Gasteiger partial charge on any atom is -0.373 e. The summed E-state index contributed by atoms with van der Waals surface area (Å²) in [4.78, 5) is 6.90. The Labute approximate surface area is 118 Å². The number of nitrogens with one attached hydrogen (secondary N) is 2. The van der Waals surface area contributed by atoms with Crippen LogP contribution in [0, 0.1) is 6.92 Å². The van der Waals surface area contributed by atoms with Gasteiger partial charge in [-0.15, -0.1) is 0 Å². The van der Waals surface area contributed by atoms with E-state index in [1.807, 2.05) is 17.7 Å². The van der Waals surface area contributed by atoms with Crippen LogP contribution < -0.4 is 10.6 Å². The average molecular weight is 302 g/mol. The molecular formula is C12H13F3N4S. The van der Waals surface area contributed by atoms with E-state index in [1.165, 1.54) is 13.1 Å². The summed E-state index contributed by atoms with van der Waals surface area (Å²) in [6.07, 6.45) is -4.57. The minimum absolute atomic E-state index is 0.122. The van der Waals surface area contributed by atoms with Crippen molar-refractivity contribution < 1.29 is 13.2 Å². The lowest BCUT2D eigenvalue weighted by molar-refractivity contribution is -0.144. The molecule has 0 saturated heterocycles. The SMILES string of the molecule is CNc1cc(NCc2cscc2C)nc(C(F)(F)F)n1. The van der Waals surface area contributed by atoms with Crippen molar-refractivity contribution in [2.75, 3.05) is 17.7 Å². The van der Waals surface area contributed by atoms with E-state index in [0.29, 0.717) is 6.54 Å². The van der Waals surface area contributed by atoms with Crippen molar-refractivity contribution in [3.8, 4) is 0 Å². The molecule has 0 bridgehead atoms. The minimum atomic E-state index is -4.57. The van der Waals surface area contributed by atoms with Crippen LogP contribution in [-0.2, 0) is 12.7 Å². The second kappa shape index (κ2) is 5.66. The Balaban J connectivity index is 2.21. The summed E-state index contributed by atoms with van der Waals surface area (Å²) in [7, 11) is 1.51. The maximum absolute atomic E-state index is 12.7. The number of hydrogen-bond donors (Lipinski definition) is 2. The topological polar surface area (TPSA) is 49.8 Å². The number of rotatable bonds is 4. The van der Waals surface area contributed by atoms with Crippen LogP contribution in [0.15, 0.2) is 16.8 Å². The highest BCUT2D eigenvalue weighted by Gasteiger charge is 2.35. The lowest BCUT2D eigenvalue weighted by Crippen LogP contribution is -2.14. The maximum atomic E-state index is 12.7. The summed E-state index contributed by atoms with van der Waals surface area (Å²) in [6, 6.07) is 1.44. The van der Waals surface area contributed by atoms with Gasteiger partial charge in [-0.1, -0.05) is 0 Å². The fraction of sp³-hybridized carbons (Fsp3) is 0.333. The van der Waals surface area contributed by atoms with E-state index < -0.39 is 12.0 Å². The lowest BCUT2D eigenvalue weighted by atomic mass is 10.2. The molecule has 2 rings (SSSR count). The first kappa shape index (κ1) is 14.6. The molecule has 2 aromatic rings. The van der Waals surface area contributed by atoms with Crippen LogP contribution in [0.3, 0.4) is 0 Å². The second-order valence-electron chi connectivity index (χ2n) is 4.14. The third-order valence-corrected chi connectivity index (χ3v) is 3.57. The molecule has 0 atom stereocenters. The molecule has 0 aliphatic heterocycles. The van der Waals surface area contributed by atoms with Gasteiger partial charge in [0, 0.05) is 19.7 Å². The Morgan fingerprint density at radius 2 is 1.90 bits per heavy atom. The van der Waals surface area contributed by atoms with Crippen molar-refractivity contribution in [2.24, 2.45) is 0 Å². The summed E-state index contributed by atoms with van der Waals surface area (Å²) in [5, 5.41) is 9.42. The molecule has 0 aromatic carbocycles. The summed E-state index contributed by atoms with van der Waals surface area (Å²) in [5.41, 5.74) is 2.13. The van der Waals surface area contributed by atoms with Crippen molar-refractivity contribution in [1.82, 2.24) is 9.97 Å². The summed E-state index contributed by atoms with van der Waals surface area (Å²) < 4.78 is 38.0. The van der Waals surface area contributed by atoms with Gasteiger partial charge in [-0.05, 0) is 28.8 Å². The molecule has 0 amide bonds. The second-order valence-corrected chi connectivity index (χ2v) is 4.89. The number of anilines is 2. The number of thiophene rings is 1. The standard InChI is InChI=1S/C12H13F3N4S/c1-7-5-20-6-8(7)4-17-10-3-9(16-2)18-11(19-10)12(13,14)15/h3,5-6H,4H2,1-2H3,(H2,16,17,18,19). The first-order valence-corrected chi connectivity index (χ1v) is 6.74. The predicted octanol–water partition coefficient (Wildman–Crippen LogP) is 3.52. The molecule has 0 aliphatic carbocycles. The number of aromatic nitrogens is 2. The number of aryl methyl sites for hydroxylation is 1. The van der Waals surface area contributed by atoms with Crippen molar-refractivity contribution in [3.63, 3.8) is 0 Å². The molecule has 4 nitrogen and oxygen atoms in total. The smallest absolute Gasteiger partial charge is 0.373 e. The van der Waals surface area contributed by atoms with Crippen LogP contribution in [0.4, 0.5) is 24.8 Å². The zero-order valence-electron chi connectivity index (χ0n) is 10.9. The van der Waals surface area contributed by atoms with E-state index in [9.17, 15) is 13.2 Å². The zero-order valence-corrected chi connectivity index (χ0v) is 11.7. The molecule has 2 aromatic heterocycles. The highest BCUT2D eigenvalue weighted by Crippen LogP contribution is 2.28. The van der Waals surface area contributed by atoms with Gasteiger partial charge in [0.2, 0.25) is 5.82 Å². The van der Waals surface area contributed by atoms with Crippen LogP contribution in [-0.4, -0.2) is 17.0 Å². The van der Waals surface area contributed by atoms with Gasteiger partial charge in [-0.25, -0.2) is 9.97 Å².